The van der Waals surface area contributed by atoms with Gasteiger partial charge in [-0.25, -0.2) is 4.98 Å². The summed E-state index contributed by atoms with van der Waals surface area (Å²) < 4.78 is 4.53. The largest absolute Gasteiger partial charge is 0.395 e. The van der Waals surface area contributed by atoms with Gasteiger partial charge in [0, 0.05) is 76.4 Å². The molecule has 9 nitrogen and oxygen atoms in total. The zero-order valence-electron chi connectivity index (χ0n) is 16.7. The Labute approximate surface area is 175 Å². The number of aliphatic hydroxyl groups excluding tert-OH is 1. The maximum Gasteiger partial charge on any atom is 0.205 e. The second kappa shape index (κ2) is 8.37. The van der Waals surface area contributed by atoms with Crippen molar-refractivity contribution in [3.8, 4) is 0 Å². The van der Waals surface area contributed by atoms with Gasteiger partial charge < -0.3 is 19.8 Å². The van der Waals surface area contributed by atoms with E-state index < -0.39 is 0 Å². The van der Waals surface area contributed by atoms with Gasteiger partial charge in [0.05, 0.1) is 6.61 Å². The van der Waals surface area contributed by atoms with Gasteiger partial charge in [0.25, 0.3) is 0 Å². The lowest BCUT2D eigenvalue weighted by atomic mass is 10.3. The highest BCUT2D eigenvalue weighted by atomic mass is 32.1. The summed E-state index contributed by atoms with van der Waals surface area (Å²) in [6.07, 6.45) is 2.49. The van der Waals surface area contributed by atoms with E-state index in [4.69, 9.17) is 10.1 Å². The van der Waals surface area contributed by atoms with Crippen LogP contribution in [-0.4, -0.2) is 95.1 Å². The van der Waals surface area contributed by atoms with Crippen LogP contribution in [0.3, 0.4) is 0 Å². The van der Waals surface area contributed by atoms with Gasteiger partial charge in [0.1, 0.15) is 5.82 Å². The summed E-state index contributed by atoms with van der Waals surface area (Å²) in [6.45, 7) is 8.48. The first-order valence-corrected chi connectivity index (χ1v) is 11.3. The molecular weight excluding hydrogens is 388 g/mol. The van der Waals surface area contributed by atoms with E-state index in [-0.39, 0.29) is 6.61 Å². The molecule has 1 saturated carbocycles. The molecule has 10 heteroatoms. The molecule has 5 rings (SSSR count). The molecule has 0 spiro atoms. The predicted molar refractivity (Wildman–Crippen MR) is 114 cm³/mol. The van der Waals surface area contributed by atoms with Crippen LogP contribution in [0.2, 0.25) is 0 Å². The van der Waals surface area contributed by atoms with Crippen molar-refractivity contribution in [2.24, 2.45) is 0 Å². The van der Waals surface area contributed by atoms with Crippen LogP contribution in [0.15, 0.2) is 12.1 Å². The molecule has 0 unspecified atom stereocenters. The number of nitrogens with zero attached hydrogens (tertiary/aromatic N) is 8. The van der Waals surface area contributed by atoms with Crippen molar-refractivity contribution in [3.63, 3.8) is 0 Å². The molecule has 4 heterocycles. The fourth-order valence-corrected chi connectivity index (χ4v) is 4.78. The summed E-state index contributed by atoms with van der Waals surface area (Å²) in [5.41, 5.74) is 0. The highest BCUT2D eigenvalue weighted by Gasteiger charge is 2.29. The van der Waals surface area contributed by atoms with Crippen LogP contribution in [0, 0.1) is 0 Å². The number of hydrogen-bond acceptors (Lipinski definition) is 10. The molecule has 0 amide bonds. The molecule has 3 aliphatic rings. The minimum atomic E-state index is 0.225. The first-order chi connectivity index (χ1) is 14.3. The van der Waals surface area contributed by atoms with Crippen LogP contribution in [0.4, 0.5) is 16.8 Å². The summed E-state index contributed by atoms with van der Waals surface area (Å²) in [7, 11) is 0. The molecule has 1 N–H and O–H groups in total. The highest BCUT2D eigenvalue weighted by Crippen LogP contribution is 2.39. The Morgan fingerprint density at radius 2 is 1.45 bits per heavy atom. The third kappa shape index (κ3) is 4.29. The summed E-state index contributed by atoms with van der Waals surface area (Å²) in [5, 5.41) is 19.1. The van der Waals surface area contributed by atoms with Crippen LogP contribution in [0.1, 0.15) is 24.6 Å². The molecule has 2 saturated heterocycles. The quantitative estimate of drug-likeness (QED) is 0.729. The van der Waals surface area contributed by atoms with Gasteiger partial charge in [-0.3, -0.25) is 4.90 Å². The number of hydrogen-bond donors (Lipinski definition) is 1. The third-order valence-electron chi connectivity index (χ3n) is 6.00. The molecule has 0 bridgehead atoms. The fraction of sp³-hybridized carbons (Fsp3) is 0.684. The Balaban J connectivity index is 1.14. The van der Waals surface area contributed by atoms with Gasteiger partial charge in [0.15, 0.2) is 11.6 Å². The van der Waals surface area contributed by atoms with Crippen LogP contribution >= 0.6 is 11.5 Å². The Morgan fingerprint density at radius 1 is 0.862 bits per heavy atom. The van der Waals surface area contributed by atoms with Crippen molar-refractivity contribution in [1.82, 2.24) is 24.5 Å². The minimum absolute atomic E-state index is 0.225. The van der Waals surface area contributed by atoms with Gasteiger partial charge in [-0.2, -0.15) is 4.37 Å². The Bertz CT molecular complexity index is 795. The van der Waals surface area contributed by atoms with Gasteiger partial charge >= 0.3 is 0 Å². The summed E-state index contributed by atoms with van der Waals surface area (Å²) in [4.78, 5) is 13.9. The van der Waals surface area contributed by atoms with Crippen LogP contribution in [0.5, 0.6) is 0 Å². The number of aliphatic hydroxyl groups is 1. The van der Waals surface area contributed by atoms with Crippen molar-refractivity contribution < 1.29 is 5.11 Å². The molecule has 3 fully saturated rings. The number of β-amino-alcohol motifs (C(OH)–C–C–N with tert-alkyl or cyclic N) is 1. The average molecular weight is 417 g/mol. The van der Waals surface area contributed by atoms with E-state index in [1.165, 1.54) is 24.4 Å². The Kier molecular flexibility index (Phi) is 5.47. The van der Waals surface area contributed by atoms with Gasteiger partial charge in [-0.15, -0.1) is 10.2 Å². The van der Waals surface area contributed by atoms with Crippen molar-refractivity contribution in [1.29, 1.82) is 0 Å². The van der Waals surface area contributed by atoms with Crippen molar-refractivity contribution in [2.45, 2.75) is 18.8 Å². The van der Waals surface area contributed by atoms with E-state index in [1.807, 2.05) is 0 Å². The second-order valence-electron chi connectivity index (χ2n) is 7.99. The molecule has 0 radical (unpaired) electrons. The van der Waals surface area contributed by atoms with E-state index in [0.717, 1.165) is 81.5 Å². The van der Waals surface area contributed by atoms with Gasteiger partial charge in [-0.05, 0) is 25.0 Å². The Morgan fingerprint density at radius 3 is 2.00 bits per heavy atom. The second-order valence-corrected chi connectivity index (χ2v) is 8.72. The molecular formula is C19H28N8OS. The van der Waals surface area contributed by atoms with E-state index in [2.05, 4.69) is 46.3 Å². The smallest absolute Gasteiger partial charge is 0.205 e. The average Bonchev–Trinajstić information content (AvgIpc) is 3.51. The van der Waals surface area contributed by atoms with E-state index in [0.29, 0.717) is 5.92 Å². The standard InChI is InChI=1S/C19H28N8OS/c28-14-13-24-5-7-25(8-6-24)16-3-4-17(22-21-16)26-9-11-27(12-10-26)19-20-18(23-29-19)15-1-2-15/h3-4,15,28H,1-2,5-14H2. The maximum atomic E-state index is 9.07. The lowest BCUT2D eigenvalue weighted by Gasteiger charge is -2.36. The number of anilines is 3. The highest BCUT2D eigenvalue weighted by molar-refractivity contribution is 7.09. The molecule has 2 aliphatic heterocycles. The van der Waals surface area contributed by atoms with E-state index in [1.54, 1.807) is 0 Å². The monoisotopic (exact) mass is 416 g/mol. The first-order valence-electron chi connectivity index (χ1n) is 10.6. The summed E-state index contributed by atoms with van der Waals surface area (Å²) >= 11 is 1.54. The molecule has 2 aromatic rings. The van der Waals surface area contributed by atoms with Crippen molar-refractivity contribution in [2.75, 3.05) is 80.2 Å². The van der Waals surface area contributed by atoms with Crippen molar-refractivity contribution in [3.05, 3.63) is 18.0 Å². The SMILES string of the molecule is OCCN1CCN(c2ccc(N3CCN(c4nc(C5CC5)ns4)CC3)nn2)CC1. The van der Waals surface area contributed by atoms with Gasteiger partial charge in [-0.1, -0.05) is 0 Å². The predicted octanol–water partition coefficient (Wildman–Crippen LogP) is 0.646. The molecule has 2 aromatic heterocycles. The minimum Gasteiger partial charge on any atom is -0.395 e. The molecule has 29 heavy (non-hydrogen) atoms. The Hall–Kier alpha value is -2.04. The summed E-state index contributed by atoms with van der Waals surface area (Å²) in [5.74, 6) is 3.56. The fourth-order valence-electron chi connectivity index (χ4n) is 3.99. The lowest BCUT2D eigenvalue weighted by molar-refractivity contribution is 0.188. The zero-order valence-corrected chi connectivity index (χ0v) is 17.5. The van der Waals surface area contributed by atoms with E-state index in [9.17, 15) is 0 Å². The molecule has 0 aromatic carbocycles. The molecule has 156 valence electrons. The molecule has 0 atom stereocenters. The zero-order chi connectivity index (χ0) is 19.6. The lowest BCUT2D eigenvalue weighted by Crippen LogP contribution is -2.48. The van der Waals surface area contributed by atoms with E-state index >= 15 is 0 Å². The van der Waals surface area contributed by atoms with Crippen LogP contribution in [-0.2, 0) is 0 Å². The van der Waals surface area contributed by atoms with Crippen LogP contribution in [0.25, 0.3) is 0 Å². The normalized spacial score (nSPS) is 21.1. The number of aromatic nitrogens is 4. The number of piperazine rings is 2. The summed E-state index contributed by atoms with van der Waals surface area (Å²) in [6, 6.07) is 4.18. The maximum absolute atomic E-state index is 9.07. The number of rotatable bonds is 6. The topological polar surface area (TPSA) is 84.8 Å². The third-order valence-corrected chi connectivity index (χ3v) is 6.79. The van der Waals surface area contributed by atoms with Gasteiger partial charge in [0.2, 0.25) is 5.13 Å². The van der Waals surface area contributed by atoms with Crippen molar-refractivity contribution >= 4 is 28.3 Å². The van der Waals surface area contributed by atoms with Crippen LogP contribution < -0.4 is 14.7 Å². The molecule has 1 aliphatic carbocycles. The first kappa shape index (κ1) is 19.0.